The van der Waals surface area contributed by atoms with Crippen LogP contribution in [-0.4, -0.2) is 29.2 Å². The summed E-state index contributed by atoms with van der Waals surface area (Å²) in [4.78, 5) is 19.0. The van der Waals surface area contributed by atoms with Crippen LogP contribution in [0.15, 0.2) is 17.2 Å². The molecule has 0 amide bonds. The fraction of sp³-hybridized carbons (Fsp3) is 0.750. The van der Waals surface area contributed by atoms with Gasteiger partial charge in [0.2, 0.25) is 0 Å². The smallest absolute Gasteiger partial charge is 0.293 e. The molecule has 0 bridgehead atoms. The Morgan fingerprint density at radius 1 is 1.43 bits per heavy atom. The van der Waals surface area contributed by atoms with Crippen LogP contribution >= 0.6 is 0 Å². The lowest BCUT2D eigenvalue weighted by atomic mass is 9.93. The summed E-state index contributed by atoms with van der Waals surface area (Å²) in [6.07, 6.45) is 4.46. The van der Waals surface area contributed by atoms with Gasteiger partial charge in [0.1, 0.15) is 0 Å². The van der Waals surface area contributed by atoms with Crippen molar-refractivity contribution >= 4 is 5.82 Å². The van der Waals surface area contributed by atoms with Crippen molar-refractivity contribution in [1.29, 1.82) is 0 Å². The number of rotatable bonds is 8. The van der Waals surface area contributed by atoms with E-state index in [4.69, 9.17) is 5.73 Å². The Kier molecular flexibility index (Phi) is 6.40. The monoisotopic (exact) mass is 294 g/mol. The molecule has 0 aromatic carbocycles. The Hall–Kier alpha value is -1.36. The van der Waals surface area contributed by atoms with Gasteiger partial charge in [0.05, 0.1) is 0 Å². The molecule has 5 heteroatoms. The number of anilines is 1. The molecule has 0 fully saturated rings. The lowest BCUT2D eigenvalue weighted by molar-refractivity contribution is 0.375. The van der Waals surface area contributed by atoms with Gasteiger partial charge in [-0.1, -0.05) is 34.6 Å². The number of nitrogens with zero attached hydrogens (tertiary/aromatic N) is 3. The van der Waals surface area contributed by atoms with Gasteiger partial charge in [-0.15, -0.1) is 0 Å². The van der Waals surface area contributed by atoms with Gasteiger partial charge in [-0.25, -0.2) is 4.98 Å². The zero-order valence-electron chi connectivity index (χ0n) is 14.1. The maximum atomic E-state index is 12.6. The first-order chi connectivity index (χ1) is 9.80. The van der Waals surface area contributed by atoms with Gasteiger partial charge in [-0.05, 0) is 24.3 Å². The minimum Gasteiger partial charge on any atom is -0.351 e. The summed E-state index contributed by atoms with van der Waals surface area (Å²) < 4.78 is 1.76. The summed E-state index contributed by atoms with van der Waals surface area (Å²) >= 11 is 0. The molecule has 5 nitrogen and oxygen atoms in total. The average molecular weight is 294 g/mol. The van der Waals surface area contributed by atoms with Crippen LogP contribution in [0.25, 0.3) is 0 Å². The SMILES string of the molecule is CCCN(CC(C)(C)CN)c1nccn(CC(C)C)c1=O. The van der Waals surface area contributed by atoms with Crippen LogP contribution in [0.5, 0.6) is 0 Å². The molecule has 0 aliphatic rings. The predicted molar refractivity (Wildman–Crippen MR) is 88.7 cm³/mol. The zero-order valence-corrected chi connectivity index (χ0v) is 14.1. The van der Waals surface area contributed by atoms with Crippen molar-refractivity contribution < 1.29 is 0 Å². The molecule has 0 saturated carbocycles. The molecular weight excluding hydrogens is 264 g/mol. The van der Waals surface area contributed by atoms with E-state index in [1.54, 1.807) is 17.0 Å². The molecule has 0 saturated heterocycles. The van der Waals surface area contributed by atoms with Gasteiger partial charge in [0, 0.05) is 32.0 Å². The van der Waals surface area contributed by atoms with E-state index < -0.39 is 0 Å². The van der Waals surface area contributed by atoms with Gasteiger partial charge in [-0.2, -0.15) is 0 Å². The van der Waals surface area contributed by atoms with Gasteiger partial charge in [0.25, 0.3) is 5.56 Å². The van der Waals surface area contributed by atoms with Crippen molar-refractivity contribution in [2.75, 3.05) is 24.5 Å². The van der Waals surface area contributed by atoms with Crippen molar-refractivity contribution in [3.63, 3.8) is 0 Å². The third kappa shape index (κ3) is 5.16. The number of nitrogens with two attached hydrogens (primary N) is 1. The second-order valence-corrected chi connectivity index (χ2v) is 6.89. The van der Waals surface area contributed by atoms with Crippen molar-refractivity contribution in [3.05, 3.63) is 22.7 Å². The number of hydrogen-bond acceptors (Lipinski definition) is 4. The molecule has 0 radical (unpaired) electrons. The first-order valence-corrected chi connectivity index (χ1v) is 7.81. The molecule has 21 heavy (non-hydrogen) atoms. The standard InChI is InChI=1S/C16H30N4O/c1-6-8-20(12-16(4,5)11-17)14-15(21)19(9-7-18-14)10-13(2)3/h7,9,13H,6,8,10-12,17H2,1-5H3. The Morgan fingerprint density at radius 2 is 2.10 bits per heavy atom. The Morgan fingerprint density at radius 3 is 2.62 bits per heavy atom. The highest BCUT2D eigenvalue weighted by Gasteiger charge is 2.23. The lowest BCUT2D eigenvalue weighted by Crippen LogP contribution is -2.42. The summed E-state index contributed by atoms with van der Waals surface area (Å²) in [5.41, 5.74) is 5.79. The van der Waals surface area contributed by atoms with E-state index in [-0.39, 0.29) is 11.0 Å². The Labute approximate surface area is 128 Å². The summed E-state index contributed by atoms with van der Waals surface area (Å²) in [6, 6.07) is 0. The zero-order chi connectivity index (χ0) is 16.0. The summed E-state index contributed by atoms with van der Waals surface area (Å²) in [5.74, 6) is 0.972. The van der Waals surface area contributed by atoms with E-state index in [1.165, 1.54) is 0 Å². The van der Waals surface area contributed by atoms with Gasteiger partial charge < -0.3 is 15.2 Å². The molecule has 1 aromatic rings. The molecule has 0 aliphatic heterocycles. The first kappa shape index (κ1) is 17.7. The summed E-state index contributed by atoms with van der Waals surface area (Å²) in [7, 11) is 0. The van der Waals surface area contributed by atoms with E-state index in [0.29, 0.717) is 24.8 Å². The normalized spacial score (nSPS) is 12.0. The highest BCUT2D eigenvalue weighted by molar-refractivity contribution is 5.36. The Balaban J connectivity index is 3.11. The third-order valence-corrected chi connectivity index (χ3v) is 3.42. The van der Waals surface area contributed by atoms with E-state index in [9.17, 15) is 4.79 Å². The number of aromatic nitrogens is 2. The maximum Gasteiger partial charge on any atom is 0.293 e. The van der Waals surface area contributed by atoms with E-state index in [2.05, 4.69) is 44.5 Å². The van der Waals surface area contributed by atoms with Crippen LogP contribution in [0.2, 0.25) is 0 Å². The molecule has 0 unspecified atom stereocenters. The molecule has 1 rings (SSSR count). The highest BCUT2D eigenvalue weighted by Crippen LogP contribution is 2.18. The second-order valence-electron chi connectivity index (χ2n) is 6.89. The summed E-state index contributed by atoms with van der Waals surface area (Å²) in [6.45, 7) is 13.4. The highest BCUT2D eigenvalue weighted by atomic mass is 16.1. The molecule has 2 N–H and O–H groups in total. The van der Waals surface area contributed by atoms with Crippen molar-refractivity contribution in [1.82, 2.24) is 9.55 Å². The minimum atomic E-state index is -0.0397. The average Bonchev–Trinajstić information content (AvgIpc) is 2.40. The van der Waals surface area contributed by atoms with E-state index in [0.717, 1.165) is 19.5 Å². The third-order valence-electron chi connectivity index (χ3n) is 3.42. The number of hydrogen-bond donors (Lipinski definition) is 1. The van der Waals surface area contributed by atoms with Crippen molar-refractivity contribution in [3.8, 4) is 0 Å². The van der Waals surface area contributed by atoms with Crippen LogP contribution in [-0.2, 0) is 6.54 Å². The molecule has 120 valence electrons. The molecule has 1 heterocycles. The van der Waals surface area contributed by atoms with Gasteiger partial charge in [-0.3, -0.25) is 4.79 Å². The topological polar surface area (TPSA) is 64.2 Å². The second kappa shape index (κ2) is 7.59. The Bertz CT molecular complexity index is 493. The van der Waals surface area contributed by atoms with Crippen LogP contribution in [0.3, 0.4) is 0 Å². The molecular formula is C16H30N4O. The van der Waals surface area contributed by atoms with Gasteiger partial charge >= 0.3 is 0 Å². The minimum absolute atomic E-state index is 0.00697. The van der Waals surface area contributed by atoms with Crippen molar-refractivity contribution in [2.24, 2.45) is 17.1 Å². The quantitative estimate of drug-likeness (QED) is 0.797. The molecule has 1 aromatic heterocycles. The largest absolute Gasteiger partial charge is 0.351 e. The fourth-order valence-corrected chi connectivity index (χ4v) is 2.30. The van der Waals surface area contributed by atoms with Crippen LogP contribution < -0.4 is 16.2 Å². The van der Waals surface area contributed by atoms with Crippen molar-refractivity contribution in [2.45, 2.75) is 47.6 Å². The molecule has 0 aliphatic carbocycles. The molecule has 0 atom stereocenters. The lowest BCUT2D eigenvalue weighted by Gasteiger charge is -2.32. The van der Waals surface area contributed by atoms with E-state index >= 15 is 0 Å². The van der Waals surface area contributed by atoms with Crippen LogP contribution in [0.4, 0.5) is 5.82 Å². The molecule has 0 spiro atoms. The van der Waals surface area contributed by atoms with Gasteiger partial charge in [0.15, 0.2) is 5.82 Å². The van der Waals surface area contributed by atoms with Crippen LogP contribution in [0.1, 0.15) is 41.0 Å². The summed E-state index contributed by atoms with van der Waals surface area (Å²) in [5, 5.41) is 0. The van der Waals surface area contributed by atoms with Crippen LogP contribution in [0, 0.1) is 11.3 Å². The first-order valence-electron chi connectivity index (χ1n) is 7.81. The maximum absolute atomic E-state index is 12.6. The predicted octanol–water partition coefficient (Wildman–Crippen LogP) is 2.10. The van der Waals surface area contributed by atoms with E-state index in [1.807, 2.05) is 0 Å². The fourth-order valence-electron chi connectivity index (χ4n) is 2.30.